The molecule has 1 aromatic carbocycles. The van der Waals surface area contributed by atoms with E-state index in [1.54, 1.807) is 0 Å². The molecule has 1 atom stereocenters. The monoisotopic (exact) mass is 273 g/mol. The van der Waals surface area contributed by atoms with E-state index in [0.717, 1.165) is 29.7 Å². The van der Waals surface area contributed by atoms with Gasteiger partial charge >= 0.3 is 0 Å². The van der Waals surface area contributed by atoms with Crippen LogP contribution in [0.1, 0.15) is 42.5 Å². The van der Waals surface area contributed by atoms with Gasteiger partial charge in [-0.05, 0) is 30.0 Å². The van der Waals surface area contributed by atoms with Crippen LogP contribution in [0.4, 0.5) is 0 Å². The van der Waals surface area contributed by atoms with Crippen molar-refractivity contribution in [2.45, 2.75) is 45.9 Å². The average molecular weight is 273 g/mol. The van der Waals surface area contributed by atoms with Crippen molar-refractivity contribution in [2.24, 2.45) is 5.73 Å². The zero-order valence-electron chi connectivity index (χ0n) is 12.2. The molecule has 3 N–H and O–H groups in total. The molecule has 0 bridgehead atoms. The molecule has 1 heterocycles. The minimum Gasteiger partial charge on any atom is -0.386 e. The molecule has 108 valence electrons. The molecule has 2 rings (SSSR count). The maximum absolute atomic E-state index is 10.3. The molecular formula is C16H23N3O. The smallest absolute Gasteiger partial charge is 0.0986 e. The molecule has 20 heavy (non-hydrogen) atoms. The van der Waals surface area contributed by atoms with Crippen LogP contribution in [0, 0.1) is 0 Å². The van der Waals surface area contributed by atoms with Crippen LogP contribution >= 0.6 is 0 Å². The van der Waals surface area contributed by atoms with E-state index in [-0.39, 0.29) is 0 Å². The second-order valence-electron chi connectivity index (χ2n) is 4.98. The third kappa shape index (κ3) is 3.26. The molecule has 0 radical (unpaired) electrons. The van der Waals surface area contributed by atoms with Crippen molar-refractivity contribution < 1.29 is 5.11 Å². The highest BCUT2D eigenvalue weighted by Gasteiger charge is 2.12. The summed E-state index contributed by atoms with van der Waals surface area (Å²) in [6.45, 7) is 5.21. The van der Waals surface area contributed by atoms with Gasteiger partial charge in [-0.15, -0.1) is 0 Å². The summed E-state index contributed by atoms with van der Waals surface area (Å²) in [6.07, 6.45) is 1.30. The van der Waals surface area contributed by atoms with E-state index in [4.69, 9.17) is 5.73 Å². The Morgan fingerprint density at radius 2 is 1.90 bits per heavy atom. The van der Waals surface area contributed by atoms with Gasteiger partial charge in [0, 0.05) is 12.2 Å². The number of aliphatic hydroxyl groups excluding tert-OH is 1. The zero-order chi connectivity index (χ0) is 14.5. The lowest BCUT2D eigenvalue weighted by Crippen LogP contribution is -2.12. The van der Waals surface area contributed by atoms with Crippen LogP contribution in [0.15, 0.2) is 30.3 Å². The minimum absolute atomic E-state index is 0.491. The quantitative estimate of drug-likeness (QED) is 0.848. The lowest BCUT2D eigenvalue weighted by molar-refractivity contribution is 0.150. The van der Waals surface area contributed by atoms with Crippen molar-refractivity contribution >= 4 is 0 Å². The van der Waals surface area contributed by atoms with Crippen molar-refractivity contribution in [1.82, 2.24) is 9.78 Å². The number of hydrogen-bond acceptors (Lipinski definition) is 3. The van der Waals surface area contributed by atoms with Crippen LogP contribution in [0.2, 0.25) is 0 Å². The van der Waals surface area contributed by atoms with Gasteiger partial charge < -0.3 is 10.8 Å². The predicted octanol–water partition coefficient (Wildman–Crippen LogP) is 2.20. The Bertz CT molecular complexity index is 545. The van der Waals surface area contributed by atoms with Crippen molar-refractivity contribution in [3.05, 3.63) is 52.8 Å². The second kappa shape index (κ2) is 6.68. The Labute approximate surface area is 120 Å². The molecule has 1 aromatic heterocycles. The van der Waals surface area contributed by atoms with Gasteiger partial charge in [0.2, 0.25) is 0 Å². The molecule has 0 amide bonds. The Morgan fingerprint density at radius 3 is 2.45 bits per heavy atom. The third-order valence-electron chi connectivity index (χ3n) is 3.58. The molecule has 0 saturated carbocycles. The molecule has 0 aliphatic rings. The average Bonchev–Trinajstić information content (AvgIpc) is 2.89. The van der Waals surface area contributed by atoms with Gasteiger partial charge in [-0.25, -0.2) is 0 Å². The number of aromatic nitrogens is 2. The van der Waals surface area contributed by atoms with E-state index in [9.17, 15) is 5.11 Å². The highest BCUT2D eigenvalue weighted by Crippen LogP contribution is 2.17. The molecule has 2 aromatic rings. The van der Waals surface area contributed by atoms with E-state index >= 15 is 0 Å². The first-order valence-electron chi connectivity index (χ1n) is 7.20. The Kier molecular flexibility index (Phi) is 4.93. The van der Waals surface area contributed by atoms with Crippen molar-refractivity contribution in [2.75, 3.05) is 0 Å². The lowest BCUT2D eigenvalue weighted by Gasteiger charge is -2.13. The molecule has 4 heteroatoms. The van der Waals surface area contributed by atoms with Gasteiger partial charge in [-0.1, -0.05) is 38.1 Å². The first-order valence-corrected chi connectivity index (χ1v) is 7.20. The largest absolute Gasteiger partial charge is 0.386 e. The van der Waals surface area contributed by atoms with E-state index < -0.39 is 6.10 Å². The van der Waals surface area contributed by atoms with Gasteiger partial charge in [-0.3, -0.25) is 4.68 Å². The second-order valence-corrected chi connectivity index (χ2v) is 4.98. The van der Waals surface area contributed by atoms with Crippen molar-refractivity contribution in [1.29, 1.82) is 0 Å². The van der Waals surface area contributed by atoms with Gasteiger partial charge in [0.05, 0.1) is 18.3 Å². The van der Waals surface area contributed by atoms with Crippen LogP contribution in [0.5, 0.6) is 0 Å². The van der Waals surface area contributed by atoms with Crippen molar-refractivity contribution in [3.63, 3.8) is 0 Å². The summed E-state index contributed by atoms with van der Waals surface area (Å²) in [5.74, 6) is 0. The Balaban J connectivity index is 2.13. The number of rotatable bonds is 6. The van der Waals surface area contributed by atoms with Gasteiger partial charge in [0.1, 0.15) is 0 Å². The minimum atomic E-state index is -0.545. The fourth-order valence-corrected chi connectivity index (χ4v) is 2.28. The van der Waals surface area contributed by atoms with Crippen LogP contribution in [-0.2, 0) is 25.9 Å². The lowest BCUT2D eigenvalue weighted by atomic mass is 10.1. The number of nitrogens with zero attached hydrogens (tertiary/aromatic N) is 2. The maximum atomic E-state index is 10.3. The van der Waals surface area contributed by atoms with Gasteiger partial charge in [0.25, 0.3) is 0 Å². The highest BCUT2D eigenvalue weighted by atomic mass is 16.3. The summed E-state index contributed by atoms with van der Waals surface area (Å²) >= 11 is 0. The zero-order valence-corrected chi connectivity index (χ0v) is 12.2. The maximum Gasteiger partial charge on any atom is 0.0986 e. The Hall–Kier alpha value is -1.65. The molecule has 0 saturated heterocycles. The van der Waals surface area contributed by atoms with E-state index in [1.807, 2.05) is 28.9 Å². The van der Waals surface area contributed by atoms with Crippen LogP contribution in [0.3, 0.4) is 0 Å². The molecule has 4 nitrogen and oxygen atoms in total. The first-order chi connectivity index (χ1) is 9.67. The SMILES string of the molecule is CCc1cc(CC)n(CC(O)c2ccc(CN)cc2)n1. The molecule has 0 aliphatic heterocycles. The predicted molar refractivity (Wildman–Crippen MR) is 80.3 cm³/mol. The van der Waals surface area contributed by atoms with Crippen molar-refractivity contribution in [3.8, 4) is 0 Å². The molecule has 0 fully saturated rings. The summed E-state index contributed by atoms with van der Waals surface area (Å²) in [5, 5.41) is 14.9. The highest BCUT2D eigenvalue weighted by molar-refractivity contribution is 5.24. The molecular weight excluding hydrogens is 250 g/mol. The number of hydrogen-bond donors (Lipinski definition) is 2. The van der Waals surface area contributed by atoms with Crippen LogP contribution in [0.25, 0.3) is 0 Å². The van der Waals surface area contributed by atoms with E-state index in [1.165, 1.54) is 5.69 Å². The van der Waals surface area contributed by atoms with E-state index in [0.29, 0.717) is 13.1 Å². The van der Waals surface area contributed by atoms with E-state index in [2.05, 4.69) is 25.0 Å². The first kappa shape index (κ1) is 14.8. The Morgan fingerprint density at radius 1 is 1.20 bits per heavy atom. The standard InChI is InChI=1S/C16H23N3O/c1-3-14-9-15(4-2)19(18-14)11-16(20)13-7-5-12(10-17)6-8-13/h5-9,16,20H,3-4,10-11,17H2,1-2H3. The summed E-state index contributed by atoms with van der Waals surface area (Å²) in [6, 6.07) is 9.90. The normalized spacial score (nSPS) is 12.6. The number of aliphatic hydroxyl groups is 1. The summed E-state index contributed by atoms with van der Waals surface area (Å²) in [7, 11) is 0. The number of aryl methyl sites for hydroxylation is 2. The summed E-state index contributed by atoms with van der Waals surface area (Å²) in [5.41, 5.74) is 9.79. The summed E-state index contributed by atoms with van der Waals surface area (Å²) < 4.78 is 1.92. The molecule has 1 unspecified atom stereocenters. The summed E-state index contributed by atoms with van der Waals surface area (Å²) in [4.78, 5) is 0. The number of nitrogens with two attached hydrogens (primary N) is 1. The van der Waals surface area contributed by atoms with Crippen LogP contribution < -0.4 is 5.73 Å². The fourth-order valence-electron chi connectivity index (χ4n) is 2.28. The molecule has 0 aliphatic carbocycles. The van der Waals surface area contributed by atoms with Gasteiger partial charge in [-0.2, -0.15) is 5.10 Å². The molecule has 0 spiro atoms. The van der Waals surface area contributed by atoms with Gasteiger partial charge in [0.15, 0.2) is 0 Å². The fraction of sp³-hybridized carbons (Fsp3) is 0.438. The van der Waals surface area contributed by atoms with Crippen LogP contribution in [-0.4, -0.2) is 14.9 Å². The third-order valence-corrected chi connectivity index (χ3v) is 3.58. The topological polar surface area (TPSA) is 64.1 Å². The number of benzene rings is 1.